The predicted octanol–water partition coefficient (Wildman–Crippen LogP) is 4.86. The van der Waals surface area contributed by atoms with Crippen LogP contribution in [0.25, 0.3) is 0 Å². The van der Waals surface area contributed by atoms with Crippen LogP contribution in [0.1, 0.15) is 86.5 Å². The molecule has 0 bridgehead atoms. The minimum absolute atomic E-state index is 0.128. The summed E-state index contributed by atoms with van der Waals surface area (Å²) in [4.78, 5) is 2.52. The maximum atomic E-state index is 5.97. The predicted molar refractivity (Wildman–Crippen MR) is 152 cm³/mol. The van der Waals surface area contributed by atoms with Gasteiger partial charge in [0.05, 0.1) is 9.52 Å². The molecule has 0 amide bonds. The highest BCUT2D eigenvalue weighted by molar-refractivity contribution is 6.66. The van der Waals surface area contributed by atoms with E-state index in [1.807, 2.05) is 20.8 Å². The second-order valence-electron chi connectivity index (χ2n) is 9.01. The van der Waals surface area contributed by atoms with E-state index in [0.29, 0.717) is 19.8 Å². The SMILES string of the molecule is CCO[Si](CCCNC[Si]C(C)(CCCCCCCN(CC)CC)[Si](OC)OC)(OCC)OCC. The number of unbranched alkanes of at least 4 members (excludes halogenated alkanes) is 4. The molecule has 0 spiro atoms. The molecule has 10 heteroatoms. The average Bonchev–Trinajstić information content (AvgIpc) is 2.84. The molecule has 0 saturated heterocycles. The van der Waals surface area contributed by atoms with Gasteiger partial charge in [-0.25, -0.2) is 0 Å². The van der Waals surface area contributed by atoms with Crippen molar-refractivity contribution in [3.05, 3.63) is 0 Å². The normalized spacial score (nSPS) is 14.2. The van der Waals surface area contributed by atoms with Gasteiger partial charge in [-0.15, -0.1) is 0 Å². The summed E-state index contributed by atoms with van der Waals surface area (Å²) >= 11 is 0. The topological polar surface area (TPSA) is 61.4 Å². The Morgan fingerprint density at radius 2 is 1.34 bits per heavy atom. The van der Waals surface area contributed by atoms with Gasteiger partial charge in [0.25, 0.3) is 0 Å². The molecule has 1 atom stereocenters. The van der Waals surface area contributed by atoms with Gasteiger partial charge in [-0.3, -0.25) is 0 Å². The lowest BCUT2D eigenvalue weighted by atomic mass is 10.1. The van der Waals surface area contributed by atoms with Gasteiger partial charge < -0.3 is 32.3 Å². The van der Waals surface area contributed by atoms with Crippen molar-refractivity contribution in [2.45, 2.75) is 97.2 Å². The maximum absolute atomic E-state index is 5.97. The molecule has 0 fully saturated rings. The molecule has 0 aliphatic carbocycles. The van der Waals surface area contributed by atoms with Gasteiger partial charge in [0.1, 0.15) is 0 Å². The van der Waals surface area contributed by atoms with E-state index in [1.54, 1.807) is 14.2 Å². The molecule has 0 aromatic carbocycles. The zero-order valence-corrected chi connectivity index (χ0v) is 27.3. The van der Waals surface area contributed by atoms with Gasteiger partial charge in [-0.1, -0.05) is 46.5 Å². The number of nitrogens with zero attached hydrogens (tertiary/aromatic N) is 1. The van der Waals surface area contributed by atoms with Crippen LogP contribution in [0.5, 0.6) is 0 Å². The molecule has 0 heterocycles. The van der Waals surface area contributed by atoms with Crippen LogP contribution in [0.3, 0.4) is 0 Å². The molecule has 0 aromatic heterocycles. The molecule has 1 unspecified atom stereocenters. The van der Waals surface area contributed by atoms with Crippen LogP contribution >= 0.6 is 0 Å². The van der Waals surface area contributed by atoms with Gasteiger partial charge in [-0.05, 0) is 72.4 Å². The summed E-state index contributed by atoms with van der Waals surface area (Å²) in [5.41, 5.74) is 0. The van der Waals surface area contributed by atoms with Gasteiger partial charge in [0.2, 0.25) is 0 Å². The lowest BCUT2D eigenvalue weighted by Gasteiger charge is -2.32. The number of rotatable bonds is 26. The summed E-state index contributed by atoms with van der Waals surface area (Å²) in [6.45, 7) is 19.3. The standard InChI is InChI=1S/C25H57N2O5Si3/c1-9-27(10-2)22-18-16-14-15-17-20-25(6,34(28-7)29-8)33-24-26-21-19-23-35(30-11-3,31-12-4)32-13-5/h26H,9-24H2,1-8H3. The first-order valence-corrected chi connectivity index (χ1v) is 18.4. The smallest absolute Gasteiger partial charge is 0.397 e. The summed E-state index contributed by atoms with van der Waals surface area (Å²) in [7, 11) is 0.546. The molecule has 0 saturated carbocycles. The zero-order chi connectivity index (χ0) is 26.4. The van der Waals surface area contributed by atoms with E-state index in [1.165, 1.54) is 45.1 Å². The summed E-state index contributed by atoms with van der Waals surface area (Å²) < 4.78 is 29.7. The van der Waals surface area contributed by atoms with Crippen LogP contribution in [0, 0.1) is 0 Å². The van der Waals surface area contributed by atoms with Crippen molar-refractivity contribution in [2.24, 2.45) is 0 Å². The van der Waals surface area contributed by atoms with E-state index in [2.05, 4.69) is 31.0 Å². The first kappa shape index (κ1) is 35.4. The lowest BCUT2D eigenvalue weighted by Crippen LogP contribution is -2.46. The van der Waals surface area contributed by atoms with Gasteiger partial charge in [0, 0.05) is 44.7 Å². The number of hydrogen-bond acceptors (Lipinski definition) is 7. The van der Waals surface area contributed by atoms with Crippen molar-refractivity contribution in [1.82, 2.24) is 10.2 Å². The second-order valence-corrected chi connectivity index (χ2v) is 16.5. The summed E-state index contributed by atoms with van der Waals surface area (Å²) in [5, 5.41) is 3.65. The summed E-state index contributed by atoms with van der Waals surface area (Å²) in [6.07, 6.45) is 9.69. The fraction of sp³-hybridized carbons (Fsp3) is 1.00. The Morgan fingerprint density at radius 1 is 0.800 bits per heavy atom. The van der Waals surface area contributed by atoms with Crippen LogP contribution in [0.4, 0.5) is 0 Å². The third kappa shape index (κ3) is 15.4. The van der Waals surface area contributed by atoms with Crippen LogP contribution < -0.4 is 5.32 Å². The minimum atomic E-state index is -2.54. The molecule has 35 heavy (non-hydrogen) atoms. The molecule has 0 aliphatic rings. The van der Waals surface area contributed by atoms with E-state index in [0.717, 1.165) is 47.8 Å². The minimum Gasteiger partial charge on any atom is -0.397 e. The molecule has 3 radical (unpaired) electrons. The van der Waals surface area contributed by atoms with E-state index in [4.69, 9.17) is 22.1 Å². The average molecular weight is 550 g/mol. The third-order valence-corrected chi connectivity index (χ3v) is 14.0. The lowest BCUT2D eigenvalue weighted by molar-refractivity contribution is 0.0708. The molecule has 0 rings (SSSR count). The monoisotopic (exact) mass is 549 g/mol. The second kappa shape index (κ2) is 22.4. The van der Waals surface area contributed by atoms with Crippen molar-refractivity contribution in [1.29, 1.82) is 0 Å². The van der Waals surface area contributed by atoms with Crippen LogP contribution in [-0.4, -0.2) is 98.9 Å². The highest BCUT2D eigenvalue weighted by Crippen LogP contribution is 2.35. The molecular weight excluding hydrogens is 493 g/mol. The molecule has 209 valence electrons. The Bertz CT molecular complexity index is 457. The summed E-state index contributed by atoms with van der Waals surface area (Å²) in [6, 6.07) is 0.857. The first-order chi connectivity index (χ1) is 16.9. The highest BCUT2D eigenvalue weighted by Gasteiger charge is 2.40. The van der Waals surface area contributed by atoms with Crippen LogP contribution in [-0.2, 0) is 22.1 Å². The number of hydrogen-bond donors (Lipinski definition) is 1. The van der Waals surface area contributed by atoms with E-state index in [9.17, 15) is 0 Å². The van der Waals surface area contributed by atoms with Crippen molar-refractivity contribution >= 4 is 27.6 Å². The molecular formula is C25H57N2O5Si3. The third-order valence-electron chi connectivity index (χ3n) is 6.40. The Balaban J connectivity index is 4.44. The maximum Gasteiger partial charge on any atom is 0.500 e. The first-order valence-electron chi connectivity index (χ1n) is 14.0. The zero-order valence-electron chi connectivity index (χ0n) is 24.3. The van der Waals surface area contributed by atoms with Crippen LogP contribution in [0.2, 0.25) is 10.7 Å². The van der Waals surface area contributed by atoms with Crippen molar-refractivity contribution in [3.8, 4) is 0 Å². The fourth-order valence-corrected chi connectivity index (χ4v) is 11.0. The Labute approximate surface area is 223 Å². The van der Waals surface area contributed by atoms with E-state index >= 15 is 0 Å². The van der Waals surface area contributed by atoms with E-state index in [-0.39, 0.29) is 4.66 Å². The fourth-order valence-electron chi connectivity index (χ4n) is 4.46. The molecule has 0 aliphatic heterocycles. The van der Waals surface area contributed by atoms with Gasteiger partial charge in [-0.2, -0.15) is 0 Å². The van der Waals surface area contributed by atoms with Crippen molar-refractivity contribution < 1.29 is 22.1 Å². The van der Waals surface area contributed by atoms with Crippen molar-refractivity contribution in [3.63, 3.8) is 0 Å². The molecule has 1 N–H and O–H groups in total. The molecule has 0 aromatic rings. The Kier molecular flexibility index (Phi) is 22.6. The largest absolute Gasteiger partial charge is 0.500 e. The Hall–Kier alpha value is 0.371. The highest BCUT2D eigenvalue weighted by atomic mass is 28.4. The quantitative estimate of drug-likeness (QED) is 0.122. The Morgan fingerprint density at radius 3 is 1.86 bits per heavy atom. The van der Waals surface area contributed by atoms with E-state index < -0.39 is 18.1 Å². The van der Waals surface area contributed by atoms with Gasteiger partial charge in [0.15, 0.2) is 0 Å². The molecule has 7 nitrogen and oxygen atoms in total. The van der Waals surface area contributed by atoms with Crippen LogP contribution in [0.15, 0.2) is 0 Å². The van der Waals surface area contributed by atoms with Crippen molar-refractivity contribution in [2.75, 3.05) is 66.4 Å². The number of nitrogens with one attached hydrogen (secondary N) is 1. The summed E-state index contributed by atoms with van der Waals surface area (Å²) in [5.74, 6) is 0. The van der Waals surface area contributed by atoms with Gasteiger partial charge >= 0.3 is 18.1 Å².